The highest BCUT2D eigenvalue weighted by Gasteiger charge is 2.13. The second-order valence-electron chi connectivity index (χ2n) is 3.98. The maximum Gasteiger partial charge on any atom is 0.362 e. The fourth-order valence-corrected chi connectivity index (χ4v) is 1.67. The summed E-state index contributed by atoms with van der Waals surface area (Å²) in [4.78, 5) is 22.9. The monoisotopic (exact) mass is 258 g/mol. The zero-order chi connectivity index (χ0) is 13.8. The fourth-order valence-electron chi connectivity index (χ4n) is 1.67. The van der Waals surface area contributed by atoms with Crippen LogP contribution >= 0.6 is 0 Å². The molecular formula is C14H14N2O3. The molecule has 0 amide bonds. The first-order valence-corrected chi connectivity index (χ1v) is 5.93. The zero-order valence-corrected chi connectivity index (χ0v) is 10.8. The third kappa shape index (κ3) is 2.70. The molecule has 5 heteroatoms. The first-order chi connectivity index (χ1) is 9.15. The Bertz CT molecular complexity index is 644. The van der Waals surface area contributed by atoms with Crippen LogP contribution in [0.1, 0.15) is 23.0 Å². The normalized spacial score (nSPS) is 10.2. The van der Waals surface area contributed by atoms with Gasteiger partial charge in [0.25, 0.3) is 0 Å². The SMILES string of the molecule is CCc1ccc(-n2ccc(=O)c(C(=O)OC)n2)cc1. The van der Waals surface area contributed by atoms with Gasteiger partial charge in [-0.25, -0.2) is 9.48 Å². The lowest BCUT2D eigenvalue weighted by Crippen LogP contribution is -2.21. The van der Waals surface area contributed by atoms with Gasteiger partial charge < -0.3 is 4.74 Å². The summed E-state index contributed by atoms with van der Waals surface area (Å²) in [6.45, 7) is 2.07. The van der Waals surface area contributed by atoms with Gasteiger partial charge in [0.15, 0.2) is 0 Å². The lowest BCUT2D eigenvalue weighted by atomic mass is 10.1. The predicted octanol–water partition coefficient (Wildman–Crippen LogP) is 1.58. The summed E-state index contributed by atoms with van der Waals surface area (Å²) in [6.07, 6.45) is 2.47. The largest absolute Gasteiger partial charge is 0.464 e. The van der Waals surface area contributed by atoms with Crippen molar-refractivity contribution in [2.24, 2.45) is 0 Å². The smallest absolute Gasteiger partial charge is 0.362 e. The molecule has 0 fully saturated rings. The van der Waals surface area contributed by atoms with Crippen LogP contribution in [0.3, 0.4) is 0 Å². The molecule has 0 aliphatic carbocycles. The fraction of sp³-hybridized carbons (Fsp3) is 0.214. The van der Waals surface area contributed by atoms with Crippen molar-refractivity contribution in [2.75, 3.05) is 7.11 Å². The van der Waals surface area contributed by atoms with E-state index in [1.54, 1.807) is 0 Å². The minimum Gasteiger partial charge on any atom is -0.464 e. The third-order valence-electron chi connectivity index (χ3n) is 2.80. The highest BCUT2D eigenvalue weighted by Crippen LogP contribution is 2.08. The summed E-state index contributed by atoms with van der Waals surface area (Å²) in [5.41, 5.74) is 1.32. The van der Waals surface area contributed by atoms with Gasteiger partial charge in [-0.2, -0.15) is 5.10 Å². The number of rotatable bonds is 3. The summed E-state index contributed by atoms with van der Waals surface area (Å²) in [5, 5.41) is 4.00. The molecule has 19 heavy (non-hydrogen) atoms. The van der Waals surface area contributed by atoms with Crippen molar-refractivity contribution in [3.05, 3.63) is 58.0 Å². The number of hydrogen-bond acceptors (Lipinski definition) is 4. The van der Waals surface area contributed by atoms with E-state index in [-0.39, 0.29) is 5.69 Å². The molecule has 98 valence electrons. The molecule has 2 aromatic rings. The van der Waals surface area contributed by atoms with Gasteiger partial charge in [-0.15, -0.1) is 0 Å². The van der Waals surface area contributed by atoms with E-state index in [2.05, 4.69) is 16.8 Å². The van der Waals surface area contributed by atoms with Gasteiger partial charge in [0.2, 0.25) is 11.1 Å². The second-order valence-corrected chi connectivity index (χ2v) is 3.98. The van der Waals surface area contributed by atoms with E-state index in [0.717, 1.165) is 12.1 Å². The number of esters is 1. The first-order valence-electron chi connectivity index (χ1n) is 5.93. The van der Waals surface area contributed by atoms with Gasteiger partial charge in [0.05, 0.1) is 12.8 Å². The summed E-state index contributed by atoms with van der Waals surface area (Å²) in [5.74, 6) is -0.732. The molecule has 1 aromatic heterocycles. The van der Waals surface area contributed by atoms with E-state index in [1.165, 1.54) is 29.6 Å². The first kappa shape index (κ1) is 13.0. The Kier molecular flexibility index (Phi) is 3.75. The Morgan fingerprint density at radius 1 is 1.26 bits per heavy atom. The van der Waals surface area contributed by atoms with Crippen LogP contribution in [0.5, 0.6) is 0 Å². The quantitative estimate of drug-likeness (QED) is 0.784. The maximum atomic E-state index is 11.5. The molecule has 0 atom stereocenters. The predicted molar refractivity (Wildman–Crippen MR) is 70.6 cm³/mol. The number of benzene rings is 1. The Hall–Kier alpha value is -2.43. The average Bonchev–Trinajstić information content (AvgIpc) is 2.47. The third-order valence-corrected chi connectivity index (χ3v) is 2.80. The van der Waals surface area contributed by atoms with E-state index in [0.29, 0.717) is 0 Å². The van der Waals surface area contributed by atoms with Crippen molar-refractivity contribution >= 4 is 5.97 Å². The minimum absolute atomic E-state index is 0.218. The number of methoxy groups -OCH3 is 1. The van der Waals surface area contributed by atoms with Crippen LogP contribution in [-0.4, -0.2) is 22.9 Å². The Morgan fingerprint density at radius 2 is 1.95 bits per heavy atom. The van der Waals surface area contributed by atoms with Crippen LogP contribution in [0.2, 0.25) is 0 Å². The van der Waals surface area contributed by atoms with E-state index in [1.807, 2.05) is 24.3 Å². The van der Waals surface area contributed by atoms with Crippen LogP contribution in [0.15, 0.2) is 41.3 Å². The van der Waals surface area contributed by atoms with Crippen LogP contribution < -0.4 is 5.43 Å². The second kappa shape index (κ2) is 5.48. The van der Waals surface area contributed by atoms with Crippen LogP contribution in [-0.2, 0) is 11.2 Å². The molecule has 1 aromatic carbocycles. The molecule has 0 N–H and O–H groups in total. The molecule has 0 radical (unpaired) electrons. The topological polar surface area (TPSA) is 61.2 Å². The summed E-state index contributed by atoms with van der Waals surface area (Å²) >= 11 is 0. The molecule has 0 spiro atoms. The number of carbonyl (C=O) groups is 1. The highest BCUT2D eigenvalue weighted by molar-refractivity contribution is 5.86. The van der Waals surface area contributed by atoms with E-state index >= 15 is 0 Å². The molecule has 0 saturated heterocycles. The van der Waals surface area contributed by atoms with E-state index in [4.69, 9.17) is 0 Å². The van der Waals surface area contributed by atoms with Gasteiger partial charge >= 0.3 is 5.97 Å². The minimum atomic E-state index is -0.732. The molecular weight excluding hydrogens is 244 g/mol. The molecule has 0 bridgehead atoms. The highest BCUT2D eigenvalue weighted by atomic mass is 16.5. The van der Waals surface area contributed by atoms with E-state index in [9.17, 15) is 9.59 Å². The van der Waals surface area contributed by atoms with Crippen LogP contribution in [0.4, 0.5) is 0 Å². The number of aryl methyl sites for hydroxylation is 1. The number of ether oxygens (including phenoxy) is 1. The molecule has 2 rings (SSSR count). The zero-order valence-electron chi connectivity index (χ0n) is 10.8. The summed E-state index contributed by atoms with van der Waals surface area (Å²) < 4.78 is 6.01. The summed E-state index contributed by atoms with van der Waals surface area (Å²) in [6, 6.07) is 9.03. The molecule has 0 aliphatic rings. The van der Waals surface area contributed by atoms with Crippen LogP contribution in [0.25, 0.3) is 5.69 Å². The Labute approximate surface area is 110 Å². The van der Waals surface area contributed by atoms with Gasteiger partial charge in [0, 0.05) is 12.3 Å². The van der Waals surface area contributed by atoms with Crippen molar-refractivity contribution in [3.8, 4) is 5.69 Å². The van der Waals surface area contributed by atoms with Crippen LogP contribution in [0, 0.1) is 0 Å². The molecule has 0 unspecified atom stereocenters. The Balaban J connectivity index is 2.45. The lowest BCUT2D eigenvalue weighted by molar-refractivity contribution is 0.0590. The van der Waals surface area contributed by atoms with Crippen molar-refractivity contribution < 1.29 is 9.53 Å². The summed E-state index contributed by atoms with van der Waals surface area (Å²) in [7, 11) is 1.22. The standard InChI is InChI=1S/C14H14N2O3/c1-3-10-4-6-11(7-5-10)16-9-8-12(17)13(15-16)14(18)19-2/h4-9H,3H2,1-2H3. The van der Waals surface area contributed by atoms with Gasteiger partial charge in [0.1, 0.15) is 0 Å². The molecule has 0 aliphatic heterocycles. The average molecular weight is 258 g/mol. The van der Waals surface area contributed by atoms with Gasteiger partial charge in [-0.05, 0) is 24.1 Å². The number of aromatic nitrogens is 2. The van der Waals surface area contributed by atoms with Gasteiger partial charge in [-0.1, -0.05) is 19.1 Å². The van der Waals surface area contributed by atoms with Crippen molar-refractivity contribution in [3.63, 3.8) is 0 Å². The number of nitrogens with zero attached hydrogens (tertiary/aromatic N) is 2. The molecule has 1 heterocycles. The number of carbonyl (C=O) groups excluding carboxylic acids is 1. The van der Waals surface area contributed by atoms with Gasteiger partial charge in [-0.3, -0.25) is 4.79 Å². The number of hydrogen-bond donors (Lipinski definition) is 0. The lowest BCUT2D eigenvalue weighted by Gasteiger charge is -2.07. The molecule has 0 saturated carbocycles. The van der Waals surface area contributed by atoms with Crippen molar-refractivity contribution in [1.82, 2.24) is 9.78 Å². The van der Waals surface area contributed by atoms with Crippen molar-refractivity contribution in [2.45, 2.75) is 13.3 Å². The van der Waals surface area contributed by atoms with Crippen molar-refractivity contribution in [1.29, 1.82) is 0 Å². The Morgan fingerprint density at radius 3 is 2.53 bits per heavy atom. The maximum absolute atomic E-state index is 11.5. The molecule has 5 nitrogen and oxygen atoms in total. The van der Waals surface area contributed by atoms with E-state index < -0.39 is 11.4 Å².